The van der Waals surface area contributed by atoms with E-state index in [1.54, 1.807) is 5.56 Å². The fourth-order valence-corrected chi connectivity index (χ4v) is 11.3. The van der Waals surface area contributed by atoms with Gasteiger partial charge >= 0.3 is 6.09 Å². The molecule has 0 unspecified atom stereocenters. The Labute approximate surface area is 257 Å². The van der Waals surface area contributed by atoms with Crippen LogP contribution in [0.4, 0.5) is 10.7 Å². The van der Waals surface area contributed by atoms with Crippen LogP contribution in [-0.4, -0.2) is 72.6 Å². The van der Waals surface area contributed by atoms with Gasteiger partial charge in [-0.1, -0.05) is 26.8 Å². The molecule has 232 valence electrons. The minimum Gasteiger partial charge on any atom is -0.543 e. The lowest BCUT2D eigenvalue weighted by atomic mass is 9.43. The van der Waals surface area contributed by atoms with E-state index in [0.29, 0.717) is 30.5 Å². The number of benzene rings is 1. The molecule has 2 aromatic rings. The largest absolute Gasteiger partial charge is 0.543 e. The van der Waals surface area contributed by atoms with Gasteiger partial charge in [-0.25, -0.2) is 14.8 Å². The van der Waals surface area contributed by atoms with Gasteiger partial charge in [-0.05, 0) is 117 Å². The number of rotatable bonds is 6. The summed E-state index contributed by atoms with van der Waals surface area (Å²) in [6.07, 6.45) is 4.83. The number of hydrogen-bond donors (Lipinski definition) is 2. The first-order chi connectivity index (χ1) is 20.3. The zero-order valence-corrected chi connectivity index (χ0v) is 28.0. The second-order valence-electron chi connectivity index (χ2n) is 15.7. The van der Waals surface area contributed by atoms with Crippen LogP contribution in [0.1, 0.15) is 69.0 Å². The molecule has 2 saturated heterocycles. The van der Waals surface area contributed by atoms with Crippen LogP contribution in [0.25, 0.3) is 0 Å². The molecule has 6 atom stereocenters. The van der Waals surface area contributed by atoms with Crippen LogP contribution in [0.2, 0.25) is 18.1 Å². The summed E-state index contributed by atoms with van der Waals surface area (Å²) < 4.78 is 6.95. The number of hydrogen-bond acceptors (Lipinski definition) is 6. The maximum Gasteiger partial charge on any atom is 0.404 e. The number of amides is 1. The molecule has 4 fully saturated rings. The number of anilines is 1. The minimum atomic E-state index is -1.99. The summed E-state index contributed by atoms with van der Waals surface area (Å²) in [6, 6.07) is 10.0. The maximum absolute atomic E-state index is 11.3. The number of aromatic nitrogens is 2. The number of aryl methyl sites for hydroxylation is 2. The number of nitrogens with zero attached hydrogens (tertiary/aromatic N) is 4. The smallest absolute Gasteiger partial charge is 0.404 e. The quantitative estimate of drug-likeness (QED) is 0.396. The van der Waals surface area contributed by atoms with E-state index >= 15 is 0 Å². The average Bonchev–Trinajstić information content (AvgIpc) is 3.35. The molecule has 9 heteroatoms. The second kappa shape index (κ2) is 9.67. The van der Waals surface area contributed by atoms with Crippen molar-refractivity contribution in [3.05, 3.63) is 46.8 Å². The van der Waals surface area contributed by atoms with Crippen molar-refractivity contribution in [3.63, 3.8) is 0 Å². The number of nitrogens with one attached hydrogen (secondary N) is 1. The Morgan fingerprint density at radius 1 is 1.16 bits per heavy atom. The van der Waals surface area contributed by atoms with Crippen LogP contribution in [0.5, 0.6) is 5.75 Å². The Morgan fingerprint density at radius 3 is 2.60 bits per heavy atom. The normalized spacial score (nSPS) is 32.8. The molecule has 0 spiro atoms. The van der Waals surface area contributed by atoms with Crippen molar-refractivity contribution in [3.8, 4) is 5.75 Å². The summed E-state index contributed by atoms with van der Waals surface area (Å²) in [5.41, 5.74) is 5.42. The highest BCUT2D eigenvalue weighted by Crippen LogP contribution is 2.75. The first-order valence-corrected chi connectivity index (χ1v) is 19.3. The summed E-state index contributed by atoms with van der Waals surface area (Å²) in [5, 5.41) is 12.0. The fourth-order valence-electron chi connectivity index (χ4n) is 10.2. The van der Waals surface area contributed by atoms with Crippen molar-refractivity contribution in [1.29, 1.82) is 0 Å². The molecule has 1 aromatic carbocycles. The minimum absolute atomic E-state index is 0.0932. The van der Waals surface area contributed by atoms with Crippen LogP contribution >= 0.6 is 0 Å². The third-order valence-corrected chi connectivity index (χ3v) is 17.0. The van der Waals surface area contributed by atoms with Crippen LogP contribution in [0.3, 0.4) is 0 Å². The van der Waals surface area contributed by atoms with Crippen molar-refractivity contribution >= 4 is 20.4 Å². The molecule has 1 amide bonds. The first-order valence-electron chi connectivity index (χ1n) is 16.4. The molecule has 3 heterocycles. The topological polar surface area (TPSA) is 90.8 Å². The van der Waals surface area contributed by atoms with E-state index in [-0.39, 0.29) is 15.9 Å². The van der Waals surface area contributed by atoms with Crippen molar-refractivity contribution < 1.29 is 14.3 Å². The molecule has 1 aromatic heterocycles. The van der Waals surface area contributed by atoms with Gasteiger partial charge in [0.1, 0.15) is 5.75 Å². The van der Waals surface area contributed by atoms with Crippen LogP contribution in [-0.2, 0) is 11.8 Å². The van der Waals surface area contributed by atoms with E-state index in [9.17, 15) is 9.90 Å². The van der Waals surface area contributed by atoms with Gasteiger partial charge in [-0.2, -0.15) is 0 Å². The second-order valence-corrected chi connectivity index (χ2v) is 20.5. The van der Waals surface area contributed by atoms with Gasteiger partial charge in [-0.3, -0.25) is 4.90 Å². The predicted octanol–water partition coefficient (Wildman–Crippen LogP) is 5.92. The van der Waals surface area contributed by atoms with Crippen LogP contribution in [0, 0.1) is 31.1 Å². The van der Waals surface area contributed by atoms with E-state index in [0.717, 1.165) is 55.6 Å². The van der Waals surface area contributed by atoms with Gasteiger partial charge in [0.2, 0.25) is 14.3 Å². The summed E-state index contributed by atoms with van der Waals surface area (Å²) >= 11 is 0. The number of fused-ring (bicyclic) bond motifs is 1. The lowest BCUT2D eigenvalue weighted by Crippen LogP contribution is -2.70. The van der Waals surface area contributed by atoms with Gasteiger partial charge in [0.25, 0.3) is 0 Å². The molecule has 7 rings (SSSR count). The molecule has 43 heavy (non-hydrogen) atoms. The van der Waals surface area contributed by atoms with E-state index in [1.807, 2.05) is 0 Å². The van der Waals surface area contributed by atoms with Crippen molar-refractivity contribution in [2.45, 2.75) is 102 Å². The SMILES string of the molecule is Cc1cc(C)nc(N2C[C@H]3C[C@@]45CC[C@@H]2[C@@H]3[C@@]42CCN(CCNC(=O)O)[C@@H]5Cc3ccc(O[Si](C)(C)C(C)(C)C)cc32)n1. The zero-order chi connectivity index (χ0) is 30.5. The highest BCUT2D eigenvalue weighted by atomic mass is 28.4. The Morgan fingerprint density at radius 2 is 1.91 bits per heavy atom. The third-order valence-electron chi connectivity index (χ3n) is 12.7. The van der Waals surface area contributed by atoms with Crippen molar-refractivity contribution in [2.75, 3.05) is 31.1 Å². The average molecular weight is 604 g/mol. The summed E-state index contributed by atoms with van der Waals surface area (Å²) in [6.45, 7) is 19.1. The van der Waals surface area contributed by atoms with E-state index in [4.69, 9.17) is 14.4 Å². The molecular weight excluding hydrogens is 554 g/mol. The van der Waals surface area contributed by atoms with Crippen molar-refractivity contribution in [2.24, 2.45) is 17.3 Å². The van der Waals surface area contributed by atoms with E-state index in [2.05, 4.69) is 87.1 Å². The molecule has 4 bridgehead atoms. The molecular formula is C34H49N5O3Si. The number of piperidine rings is 1. The summed E-state index contributed by atoms with van der Waals surface area (Å²) in [5.74, 6) is 3.14. The lowest BCUT2D eigenvalue weighted by molar-refractivity contribution is -0.0901. The highest BCUT2D eigenvalue weighted by Gasteiger charge is 2.76. The predicted molar refractivity (Wildman–Crippen MR) is 172 cm³/mol. The van der Waals surface area contributed by atoms with Gasteiger partial charge < -0.3 is 19.7 Å². The Hall–Kier alpha value is -2.65. The molecule has 3 aliphatic carbocycles. The molecule has 2 aliphatic heterocycles. The number of carbonyl (C=O) groups is 1. The highest BCUT2D eigenvalue weighted by molar-refractivity contribution is 6.74. The monoisotopic (exact) mass is 603 g/mol. The van der Waals surface area contributed by atoms with E-state index < -0.39 is 14.4 Å². The van der Waals surface area contributed by atoms with E-state index in [1.165, 1.54) is 24.8 Å². The Balaban J connectivity index is 1.32. The van der Waals surface area contributed by atoms with Gasteiger partial charge in [-0.15, -0.1) is 0 Å². The lowest BCUT2D eigenvalue weighted by Gasteiger charge is -2.66. The van der Waals surface area contributed by atoms with Crippen LogP contribution in [0.15, 0.2) is 24.3 Å². The Kier molecular flexibility index (Phi) is 6.54. The number of carboxylic acid groups (broad SMARTS) is 1. The van der Waals surface area contributed by atoms with Crippen molar-refractivity contribution in [1.82, 2.24) is 20.2 Å². The fraction of sp³-hybridized carbons (Fsp3) is 0.676. The van der Waals surface area contributed by atoms with Gasteiger partial charge in [0, 0.05) is 48.5 Å². The third kappa shape index (κ3) is 4.20. The number of likely N-dealkylation sites (tertiary alicyclic amines) is 1. The molecule has 2 saturated carbocycles. The molecule has 0 radical (unpaired) electrons. The molecule has 5 aliphatic rings. The first kappa shape index (κ1) is 29.1. The summed E-state index contributed by atoms with van der Waals surface area (Å²) in [7, 11) is -1.99. The summed E-state index contributed by atoms with van der Waals surface area (Å²) in [4.78, 5) is 26.4. The molecule has 2 N–H and O–H groups in total. The van der Waals surface area contributed by atoms with Crippen LogP contribution < -0.4 is 14.6 Å². The molecule has 8 nitrogen and oxygen atoms in total. The maximum atomic E-state index is 11.3. The Bertz CT molecular complexity index is 1440. The zero-order valence-electron chi connectivity index (χ0n) is 27.0. The standard InChI is InChI=1S/C34H49N5O3Si/c1-21-16-22(2)37-30(36-21)39-20-24-19-33-11-10-27(39)29(24)34(33)12-14-38(15-13-35-31(40)41)28(33)17-23-8-9-25(18-26(23)34)42-43(6,7)32(3,4)5/h8-9,16,18,24,27-29,35H,10-15,17,19-20H2,1-7H3,(H,40,41)/t24-,27-,28-,29-,33-,34+/m1/s1. The van der Waals surface area contributed by atoms with Gasteiger partial charge in [0.05, 0.1) is 0 Å². The van der Waals surface area contributed by atoms with Gasteiger partial charge in [0.15, 0.2) is 0 Å².